The molecule has 0 unspecified atom stereocenters. The Balaban J connectivity index is -0.0000000376. The molecular weight excluding hydrogens is 467 g/mol. The molecule has 0 fully saturated rings. The summed E-state index contributed by atoms with van der Waals surface area (Å²) in [5.41, 5.74) is 0. The third-order valence-corrected chi connectivity index (χ3v) is 0. The zero-order chi connectivity index (χ0) is 18.0. The summed E-state index contributed by atoms with van der Waals surface area (Å²) in [4.78, 5) is 90.7. The van der Waals surface area contributed by atoms with Gasteiger partial charge >= 0.3 is 56.4 Å². The average Bonchev–Trinajstić information content (AvgIpc) is 1.62. The molecule has 0 saturated heterocycles. The van der Waals surface area contributed by atoms with Crippen molar-refractivity contribution in [3.8, 4) is 0 Å². The molecule has 12 N–H and O–H groups in total. The number of rotatable bonds is 0. The first-order valence-corrected chi connectivity index (χ1v) is 13.8. The Kier molecular flexibility index (Phi) is 25.8. The van der Waals surface area contributed by atoms with Crippen LogP contribution in [0.5, 0.6) is 0 Å². The van der Waals surface area contributed by atoms with Gasteiger partial charge in [-0.05, 0) is 47.2 Å². The Hall–Kier alpha value is 3.12. The smallest absolute Gasteiger partial charge is 1.00 e. The Bertz CT molecular complexity index is 304. The van der Waals surface area contributed by atoms with Crippen molar-refractivity contribution in [2.24, 2.45) is 0 Å². The van der Waals surface area contributed by atoms with Crippen LogP contribution in [0.15, 0.2) is 0 Å². The van der Waals surface area contributed by atoms with E-state index in [1.807, 2.05) is 0 Å². The van der Waals surface area contributed by atoms with E-state index in [0.717, 1.165) is 0 Å². The van der Waals surface area contributed by atoms with Crippen LogP contribution in [0.3, 0.4) is 0 Å². The fourth-order valence-corrected chi connectivity index (χ4v) is 0. The molecule has 0 bridgehead atoms. The molecule has 0 rings (SSSR count). The Labute approximate surface area is 162 Å². The van der Waals surface area contributed by atoms with Crippen LogP contribution in [-0.4, -0.2) is 58.7 Å². The largest absolute Gasteiger partial charge is 1.00 e. The Morgan fingerprint density at radius 2 is 0.381 bits per heavy atom. The normalized spacial score (nSPS) is 11.2. The van der Waals surface area contributed by atoms with Gasteiger partial charge in [-0.1, -0.05) is 0 Å². The van der Waals surface area contributed by atoms with Gasteiger partial charge in [-0.3, -0.25) is 0 Å². The van der Waals surface area contributed by atoms with Crippen molar-refractivity contribution in [1.82, 2.24) is 0 Å². The molecule has 0 amide bonds. The van der Waals surface area contributed by atoms with Gasteiger partial charge in [-0.15, -0.1) is 0 Å². The van der Waals surface area contributed by atoms with E-state index < -0.39 is 26.9 Å². The fraction of sp³-hybridized carbons (Fsp3) is 0. The summed E-state index contributed by atoms with van der Waals surface area (Å²) in [7, 11) is 0. The van der Waals surface area contributed by atoms with Crippen LogP contribution in [0.1, 0.15) is 1.43 Å². The van der Waals surface area contributed by atoms with Crippen molar-refractivity contribution in [2.45, 2.75) is 0 Å². The average molecular weight is 480 g/mol. The molecule has 0 heterocycles. The second kappa shape index (κ2) is 15.4. The van der Waals surface area contributed by atoms with Gasteiger partial charge in [0.25, 0.3) is 0 Å². The quantitative estimate of drug-likeness (QED) is 0.114. The van der Waals surface area contributed by atoms with Crippen LogP contribution in [0.25, 0.3) is 0 Å². The summed E-state index contributed by atoms with van der Waals surface area (Å²) < 4.78 is 0. The van der Waals surface area contributed by atoms with Crippen LogP contribution in [0.2, 0.25) is 0 Å². The maximum Gasteiger partial charge on any atom is 1.00 e. The molecule has 21 heteroatoms. The van der Waals surface area contributed by atoms with Crippen molar-refractivity contribution in [3.05, 3.63) is 0 Å². The van der Waals surface area contributed by atoms with Gasteiger partial charge in [-0.2, -0.15) is 0 Å². The van der Waals surface area contributed by atoms with E-state index in [-0.39, 0.29) is 31.0 Å². The topological polar surface area (TPSA) is 243 Å². The van der Waals surface area contributed by atoms with Crippen molar-refractivity contribution in [3.63, 3.8) is 0 Å². The van der Waals surface area contributed by atoms with E-state index in [9.17, 15) is 0 Å². The van der Waals surface area contributed by atoms with Crippen molar-refractivity contribution in [1.29, 1.82) is 0 Å². The molecule has 0 aliphatic rings. The molecule has 0 radical (unpaired) electrons. The van der Waals surface area contributed by atoms with Crippen molar-refractivity contribution in [2.75, 3.05) is 0 Å². The second-order valence-electron chi connectivity index (χ2n) is 2.05. The third kappa shape index (κ3) is 1060. The summed E-state index contributed by atoms with van der Waals surface area (Å²) >= 11 is 14.4. The molecule has 0 aromatic carbocycles. The van der Waals surface area contributed by atoms with Gasteiger partial charge in [-0.25, -0.2) is 0 Å². The fourth-order valence-electron chi connectivity index (χ4n) is 0. The summed E-state index contributed by atoms with van der Waals surface area (Å²) in [6, 6.07) is 0. The minimum absolute atomic E-state index is 0. The molecule has 0 aliphatic heterocycles. The predicted octanol–water partition coefficient (Wildman–Crippen LogP) is -6.13. The first-order chi connectivity index (χ1) is 8.00. The molecular formula is H13NaO12P4S4. The van der Waals surface area contributed by atoms with Gasteiger partial charge in [0, 0.05) is 0 Å². The summed E-state index contributed by atoms with van der Waals surface area (Å²) in [5.74, 6) is 0. The van der Waals surface area contributed by atoms with E-state index in [1.165, 1.54) is 0 Å². The molecule has 0 aromatic rings. The zero-order valence-electron chi connectivity index (χ0n) is 10.8. The molecule has 0 atom stereocenters. The summed E-state index contributed by atoms with van der Waals surface area (Å²) in [5, 5.41) is 0. The van der Waals surface area contributed by atoms with E-state index in [4.69, 9.17) is 58.7 Å². The maximum atomic E-state index is 7.56. The molecule has 0 saturated carbocycles. The number of hydrogen-bond donors (Lipinski definition) is 12. The molecule has 130 valence electrons. The number of hydrogen-bond acceptors (Lipinski definition) is 4. The van der Waals surface area contributed by atoms with Crippen LogP contribution in [0, 0.1) is 0 Å². The van der Waals surface area contributed by atoms with Gasteiger partial charge in [0.1, 0.15) is 0 Å². The molecule has 0 aromatic heterocycles. The molecule has 0 spiro atoms. The Morgan fingerprint density at radius 1 is 0.381 bits per heavy atom. The second-order valence-corrected chi connectivity index (χ2v) is 12.0. The first kappa shape index (κ1) is 35.3. The van der Waals surface area contributed by atoms with Crippen LogP contribution >= 0.6 is 26.9 Å². The minimum Gasteiger partial charge on any atom is -1.00 e. The standard InChI is InChI=1S/Na.4H3O3PS.H/c;4*1-4(2,3)5;/h;4*(H3,1,2,3,5);/q+1;;;;;-1. The van der Waals surface area contributed by atoms with Crippen molar-refractivity contribution < 1.29 is 89.7 Å². The van der Waals surface area contributed by atoms with Gasteiger partial charge < -0.3 is 60.1 Å². The molecule has 21 heavy (non-hydrogen) atoms. The van der Waals surface area contributed by atoms with E-state index in [1.54, 1.807) is 0 Å². The van der Waals surface area contributed by atoms with E-state index in [0.29, 0.717) is 0 Å². The summed E-state index contributed by atoms with van der Waals surface area (Å²) in [6.45, 7) is -15.2. The maximum absolute atomic E-state index is 7.56. The van der Waals surface area contributed by atoms with E-state index >= 15 is 0 Å². The third-order valence-electron chi connectivity index (χ3n) is 0. The molecule has 0 aliphatic carbocycles. The minimum atomic E-state index is -3.81. The monoisotopic (exact) mass is 480 g/mol. The van der Waals surface area contributed by atoms with E-state index in [2.05, 4.69) is 47.2 Å². The zero-order valence-corrected chi connectivity index (χ0v) is 18.6. The predicted molar refractivity (Wildman–Crippen MR) is 84.9 cm³/mol. The van der Waals surface area contributed by atoms with Crippen LogP contribution < -0.4 is 29.6 Å². The van der Waals surface area contributed by atoms with Gasteiger partial charge in [0.15, 0.2) is 0 Å². The van der Waals surface area contributed by atoms with Crippen molar-refractivity contribution >= 4 is 74.1 Å². The molecule has 12 nitrogen and oxygen atoms in total. The van der Waals surface area contributed by atoms with Gasteiger partial charge in [0.2, 0.25) is 0 Å². The Morgan fingerprint density at radius 3 is 0.381 bits per heavy atom. The van der Waals surface area contributed by atoms with Gasteiger partial charge in [0.05, 0.1) is 0 Å². The van der Waals surface area contributed by atoms with Crippen LogP contribution in [-0.2, 0) is 47.2 Å². The van der Waals surface area contributed by atoms with Crippen LogP contribution in [0.4, 0.5) is 0 Å². The first-order valence-electron chi connectivity index (χ1n) is 3.13. The SMILES string of the molecule is OP(O)(O)=S.OP(O)(O)=S.OP(O)(O)=S.OP(O)(O)=S.[H-].[Na+]. The summed E-state index contributed by atoms with van der Waals surface area (Å²) in [6.07, 6.45) is 0.